The normalized spacial score (nSPS) is 10.4. The first-order valence-electron chi connectivity index (χ1n) is 8.22. The number of nitrogen functional groups attached to an aromatic ring is 1. The van der Waals surface area contributed by atoms with Gasteiger partial charge in [-0.05, 0) is 42.2 Å². The van der Waals surface area contributed by atoms with E-state index in [2.05, 4.69) is 16.4 Å². The van der Waals surface area contributed by atoms with E-state index in [0.717, 1.165) is 12.0 Å². The summed E-state index contributed by atoms with van der Waals surface area (Å²) in [6.07, 6.45) is 1.19. The minimum absolute atomic E-state index is 0.0988. The van der Waals surface area contributed by atoms with E-state index in [1.165, 1.54) is 0 Å². The fourth-order valence-corrected chi connectivity index (χ4v) is 2.36. The van der Waals surface area contributed by atoms with E-state index in [4.69, 9.17) is 10.5 Å². The average Bonchev–Trinajstić information content (AvgIpc) is 2.57. The Morgan fingerprint density at radius 3 is 2.72 bits per heavy atom. The van der Waals surface area contributed by atoms with Crippen LogP contribution in [0.1, 0.15) is 50.7 Å². The van der Waals surface area contributed by atoms with E-state index < -0.39 is 0 Å². The van der Waals surface area contributed by atoms with Crippen molar-refractivity contribution in [3.8, 4) is 17.7 Å². The summed E-state index contributed by atoms with van der Waals surface area (Å²) in [4.78, 5) is 15.8. The minimum atomic E-state index is -0.0988. The number of carbonyl (C=O) groups excluding carboxylic acids is 1. The molecule has 0 atom stereocenters. The third-order valence-electron chi connectivity index (χ3n) is 3.64. The highest BCUT2D eigenvalue weighted by Gasteiger charge is 2.11. The molecule has 0 fully saturated rings. The summed E-state index contributed by atoms with van der Waals surface area (Å²) in [6.45, 7) is 5.97. The van der Waals surface area contributed by atoms with Gasteiger partial charge >= 0.3 is 0 Å². The van der Waals surface area contributed by atoms with Crippen LogP contribution in [-0.2, 0) is 4.79 Å². The molecule has 0 saturated heterocycles. The Labute approximate surface area is 147 Å². The number of amides is 1. The van der Waals surface area contributed by atoms with Crippen molar-refractivity contribution in [2.45, 2.75) is 39.5 Å². The van der Waals surface area contributed by atoms with E-state index >= 15 is 0 Å². The summed E-state index contributed by atoms with van der Waals surface area (Å²) in [5.41, 5.74) is 7.90. The number of hydrogen-bond donors (Lipinski definition) is 2. The van der Waals surface area contributed by atoms with Gasteiger partial charge in [-0.25, -0.2) is 0 Å². The van der Waals surface area contributed by atoms with Crippen LogP contribution in [0.2, 0.25) is 0 Å². The number of nitrogens with zero attached hydrogens (tertiary/aromatic N) is 2. The van der Waals surface area contributed by atoms with Crippen molar-refractivity contribution in [2.24, 2.45) is 0 Å². The lowest BCUT2D eigenvalue weighted by atomic mass is 9.98. The maximum atomic E-state index is 11.7. The molecule has 0 aliphatic carbocycles. The number of anilines is 2. The molecule has 3 N–H and O–H groups in total. The zero-order chi connectivity index (χ0) is 18.4. The zero-order valence-electron chi connectivity index (χ0n) is 14.7. The molecule has 0 aliphatic rings. The number of pyridine rings is 1. The standard InChI is InChI=1S/C19H22N4O2/c1-4-5-17(24)22-16-8-9-18(23-19(16)21)25-14-7-6-13(11-20)15(10-14)12(2)3/h6-10,12H,4-5H2,1-3H3,(H2,21,23)(H,22,24). The lowest BCUT2D eigenvalue weighted by Gasteiger charge is -2.12. The zero-order valence-corrected chi connectivity index (χ0v) is 14.7. The third kappa shape index (κ3) is 4.70. The molecule has 130 valence electrons. The monoisotopic (exact) mass is 338 g/mol. The molecule has 1 aromatic carbocycles. The number of hydrogen-bond acceptors (Lipinski definition) is 5. The molecule has 1 amide bonds. The van der Waals surface area contributed by atoms with Gasteiger partial charge in [-0.15, -0.1) is 0 Å². The lowest BCUT2D eigenvalue weighted by Crippen LogP contribution is -2.12. The SMILES string of the molecule is CCCC(=O)Nc1ccc(Oc2ccc(C#N)c(C(C)C)c2)nc1N. The molecule has 2 rings (SSSR count). The van der Waals surface area contributed by atoms with Crippen molar-refractivity contribution < 1.29 is 9.53 Å². The summed E-state index contributed by atoms with van der Waals surface area (Å²) >= 11 is 0. The number of nitriles is 1. The van der Waals surface area contributed by atoms with Crippen molar-refractivity contribution in [2.75, 3.05) is 11.1 Å². The van der Waals surface area contributed by atoms with Gasteiger partial charge < -0.3 is 15.8 Å². The topological polar surface area (TPSA) is 101 Å². The van der Waals surface area contributed by atoms with Crippen LogP contribution in [0.3, 0.4) is 0 Å². The molecular formula is C19H22N4O2. The van der Waals surface area contributed by atoms with Gasteiger partial charge in [0.1, 0.15) is 5.75 Å². The molecule has 1 heterocycles. The Morgan fingerprint density at radius 1 is 1.36 bits per heavy atom. The number of nitrogens with two attached hydrogens (primary N) is 1. The fourth-order valence-electron chi connectivity index (χ4n) is 2.36. The Bertz CT molecular complexity index is 810. The van der Waals surface area contributed by atoms with Crippen LogP contribution in [0.5, 0.6) is 11.6 Å². The largest absolute Gasteiger partial charge is 0.439 e. The van der Waals surface area contributed by atoms with Gasteiger partial charge in [0, 0.05) is 12.5 Å². The summed E-state index contributed by atoms with van der Waals surface area (Å²) in [5.74, 6) is 1.20. The number of carbonyl (C=O) groups is 1. The predicted molar refractivity (Wildman–Crippen MR) is 97.5 cm³/mol. The Kier molecular flexibility index (Phi) is 5.96. The van der Waals surface area contributed by atoms with Crippen LogP contribution in [0, 0.1) is 11.3 Å². The highest BCUT2D eigenvalue weighted by atomic mass is 16.5. The highest BCUT2D eigenvalue weighted by molar-refractivity contribution is 5.93. The smallest absolute Gasteiger partial charge is 0.224 e. The first kappa shape index (κ1) is 18.3. The third-order valence-corrected chi connectivity index (χ3v) is 3.64. The molecule has 1 aromatic heterocycles. The van der Waals surface area contributed by atoms with Crippen LogP contribution >= 0.6 is 0 Å². The molecule has 0 unspecified atom stereocenters. The molecule has 2 aromatic rings. The van der Waals surface area contributed by atoms with Gasteiger partial charge in [0.2, 0.25) is 11.8 Å². The van der Waals surface area contributed by atoms with Gasteiger partial charge in [0.15, 0.2) is 5.82 Å². The summed E-state index contributed by atoms with van der Waals surface area (Å²) in [7, 11) is 0. The molecule has 0 bridgehead atoms. The Hall–Kier alpha value is -3.07. The van der Waals surface area contributed by atoms with Gasteiger partial charge in [-0.1, -0.05) is 20.8 Å². The maximum absolute atomic E-state index is 11.7. The highest BCUT2D eigenvalue weighted by Crippen LogP contribution is 2.28. The van der Waals surface area contributed by atoms with Crippen LogP contribution in [0.4, 0.5) is 11.5 Å². The second-order valence-electron chi connectivity index (χ2n) is 6.00. The van der Waals surface area contributed by atoms with Crippen molar-refractivity contribution in [1.29, 1.82) is 5.26 Å². The molecule has 6 nitrogen and oxygen atoms in total. The van der Waals surface area contributed by atoms with Crippen LogP contribution in [0.25, 0.3) is 0 Å². The van der Waals surface area contributed by atoms with E-state index in [0.29, 0.717) is 29.3 Å². The lowest BCUT2D eigenvalue weighted by molar-refractivity contribution is -0.116. The summed E-state index contributed by atoms with van der Waals surface area (Å²) in [6, 6.07) is 10.8. The molecule has 0 spiro atoms. The van der Waals surface area contributed by atoms with E-state index in [-0.39, 0.29) is 17.6 Å². The van der Waals surface area contributed by atoms with Crippen LogP contribution in [0.15, 0.2) is 30.3 Å². The molecule has 25 heavy (non-hydrogen) atoms. The predicted octanol–water partition coefficient (Wildman–Crippen LogP) is 4.19. The number of ether oxygens (including phenoxy) is 1. The minimum Gasteiger partial charge on any atom is -0.439 e. The number of aromatic nitrogens is 1. The molecule has 0 aliphatic heterocycles. The van der Waals surface area contributed by atoms with E-state index in [9.17, 15) is 10.1 Å². The maximum Gasteiger partial charge on any atom is 0.224 e. The van der Waals surface area contributed by atoms with Crippen molar-refractivity contribution in [3.63, 3.8) is 0 Å². The molecular weight excluding hydrogens is 316 g/mol. The van der Waals surface area contributed by atoms with Crippen molar-refractivity contribution in [1.82, 2.24) is 4.98 Å². The van der Waals surface area contributed by atoms with Gasteiger partial charge in [0.05, 0.1) is 17.3 Å². The van der Waals surface area contributed by atoms with Crippen LogP contribution < -0.4 is 15.8 Å². The second kappa shape index (κ2) is 8.15. The summed E-state index contributed by atoms with van der Waals surface area (Å²) < 4.78 is 5.74. The quantitative estimate of drug-likeness (QED) is 0.822. The number of nitrogens with one attached hydrogen (secondary N) is 1. The van der Waals surface area contributed by atoms with Gasteiger partial charge in [0.25, 0.3) is 0 Å². The Morgan fingerprint density at radius 2 is 2.12 bits per heavy atom. The number of rotatable bonds is 6. The molecule has 0 saturated carbocycles. The first-order valence-corrected chi connectivity index (χ1v) is 8.22. The van der Waals surface area contributed by atoms with E-state index in [1.807, 2.05) is 26.8 Å². The average molecular weight is 338 g/mol. The van der Waals surface area contributed by atoms with E-state index in [1.54, 1.807) is 24.3 Å². The Balaban J connectivity index is 2.18. The van der Waals surface area contributed by atoms with Crippen LogP contribution in [-0.4, -0.2) is 10.9 Å². The summed E-state index contributed by atoms with van der Waals surface area (Å²) in [5, 5.41) is 11.9. The van der Waals surface area contributed by atoms with Crippen molar-refractivity contribution >= 4 is 17.4 Å². The molecule has 0 radical (unpaired) electrons. The first-order chi connectivity index (χ1) is 11.9. The van der Waals surface area contributed by atoms with Crippen molar-refractivity contribution in [3.05, 3.63) is 41.5 Å². The molecule has 6 heteroatoms. The number of benzene rings is 1. The second-order valence-corrected chi connectivity index (χ2v) is 6.00. The van der Waals surface area contributed by atoms with Gasteiger partial charge in [-0.2, -0.15) is 10.2 Å². The van der Waals surface area contributed by atoms with Gasteiger partial charge in [-0.3, -0.25) is 4.79 Å². The fraction of sp³-hybridized carbons (Fsp3) is 0.316.